The molecule has 2 heterocycles. The van der Waals surface area contributed by atoms with Gasteiger partial charge in [-0.15, -0.1) is 0 Å². The second-order valence-corrected chi connectivity index (χ2v) is 5.12. The first-order chi connectivity index (χ1) is 9.93. The van der Waals surface area contributed by atoms with Crippen LogP contribution in [0.5, 0.6) is 0 Å². The maximum Gasteiger partial charge on any atom is 0.0729 e. The van der Waals surface area contributed by atoms with Crippen LogP contribution in [0.2, 0.25) is 0 Å². The maximum atomic E-state index is 5.46. The average Bonchev–Trinajstić information content (AvgIpc) is 2.55. The molecule has 1 aliphatic heterocycles. The Labute approximate surface area is 117 Å². The number of benzene rings is 2. The minimum absolute atomic E-state index is 0.800. The van der Waals surface area contributed by atoms with Gasteiger partial charge in [-0.3, -0.25) is 4.98 Å². The number of fused-ring (bicyclic) bond motifs is 3. The van der Waals surface area contributed by atoms with Gasteiger partial charge in [0.05, 0.1) is 18.7 Å². The Morgan fingerprint density at radius 1 is 0.950 bits per heavy atom. The number of morpholine rings is 1. The summed E-state index contributed by atoms with van der Waals surface area (Å²) >= 11 is 0. The fourth-order valence-electron chi connectivity index (χ4n) is 2.96. The minimum Gasteiger partial charge on any atom is -0.378 e. The molecule has 1 fully saturated rings. The molecule has 0 saturated carbocycles. The quantitative estimate of drug-likeness (QED) is 0.631. The van der Waals surface area contributed by atoms with E-state index in [0.717, 1.165) is 31.8 Å². The predicted molar refractivity (Wildman–Crippen MR) is 82.3 cm³/mol. The zero-order chi connectivity index (χ0) is 13.4. The van der Waals surface area contributed by atoms with Gasteiger partial charge in [0.2, 0.25) is 0 Å². The van der Waals surface area contributed by atoms with E-state index in [1.807, 2.05) is 6.20 Å². The van der Waals surface area contributed by atoms with E-state index >= 15 is 0 Å². The Kier molecular flexibility index (Phi) is 2.78. The summed E-state index contributed by atoms with van der Waals surface area (Å²) in [5, 5.41) is 3.73. The van der Waals surface area contributed by atoms with Gasteiger partial charge in [-0.05, 0) is 17.5 Å². The first kappa shape index (κ1) is 11.7. The summed E-state index contributed by atoms with van der Waals surface area (Å²) in [5.74, 6) is 0. The predicted octanol–water partition coefficient (Wildman–Crippen LogP) is 3.22. The van der Waals surface area contributed by atoms with Crippen molar-refractivity contribution in [2.24, 2.45) is 0 Å². The topological polar surface area (TPSA) is 25.4 Å². The van der Waals surface area contributed by atoms with Crippen LogP contribution < -0.4 is 4.90 Å². The molecule has 0 unspecified atom stereocenters. The van der Waals surface area contributed by atoms with Crippen molar-refractivity contribution in [3.05, 3.63) is 48.7 Å². The fraction of sp³-hybridized carbons (Fsp3) is 0.235. The summed E-state index contributed by atoms with van der Waals surface area (Å²) in [6.07, 6.45) is 1.96. The standard InChI is InChI=1S/C17H16N2O/c1-2-5-14-13(4-1)12-18-15-6-3-7-16(17(14)15)19-8-10-20-11-9-19/h1-7,12H,8-11H2. The molecule has 1 saturated heterocycles. The van der Waals surface area contributed by atoms with Crippen LogP contribution >= 0.6 is 0 Å². The molecule has 100 valence electrons. The van der Waals surface area contributed by atoms with Crippen molar-refractivity contribution in [1.29, 1.82) is 0 Å². The van der Waals surface area contributed by atoms with Crippen molar-refractivity contribution < 1.29 is 4.74 Å². The van der Waals surface area contributed by atoms with Crippen molar-refractivity contribution in [2.45, 2.75) is 0 Å². The Bertz CT molecular complexity index is 763. The van der Waals surface area contributed by atoms with E-state index in [1.54, 1.807) is 0 Å². The largest absolute Gasteiger partial charge is 0.378 e. The highest BCUT2D eigenvalue weighted by Gasteiger charge is 2.15. The Morgan fingerprint density at radius 3 is 2.70 bits per heavy atom. The van der Waals surface area contributed by atoms with Crippen molar-refractivity contribution >= 4 is 27.4 Å². The van der Waals surface area contributed by atoms with Gasteiger partial charge in [0.15, 0.2) is 0 Å². The molecule has 2 aromatic carbocycles. The van der Waals surface area contributed by atoms with E-state index in [2.05, 4.69) is 52.3 Å². The van der Waals surface area contributed by atoms with Crippen LogP contribution in [0.1, 0.15) is 0 Å². The number of ether oxygens (including phenoxy) is 1. The average molecular weight is 264 g/mol. The molecule has 0 aliphatic carbocycles. The SMILES string of the molecule is c1ccc2c(c1)cnc1cccc(N3CCOCC3)c12. The van der Waals surface area contributed by atoms with Gasteiger partial charge in [-0.25, -0.2) is 0 Å². The molecule has 0 atom stereocenters. The van der Waals surface area contributed by atoms with Gasteiger partial charge in [0, 0.05) is 35.7 Å². The summed E-state index contributed by atoms with van der Waals surface area (Å²) in [5.41, 5.74) is 2.34. The van der Waals surface area contributed by atoms with Crippen LogP contribution in [0.4, 0.5) is 5.69 Å². The van der Waals surface area contributed by atoms with Crippen molar-refractivity contribution in [3.8, 4) is 0 Å². The number of hydrogen-bond acceptors (Lipinski definition) is 3. The lowest BCUT2D eigenvalue weighted by molar-refractivity contribution is 0.123. The molecule has 0 bridgehead atoms. The van der Waals surface area contributed by atoms with Crippen LogP contribution in [0.25, 0.3) is 21.7 Å². The lowest BCUT2D eigenvalue weighted by Crippen LogP contribution is -2.36. The van der Waals surface area contributed by atoms with Crippen LogP contribution in [-0.2, 0) is 4.74 Å². The fourth-order valence-corrected chi connectivity index (χ4v) is 2.96. The van der Waals surface area contributed by atoms with Crippen LogP contribution in [-0.4, -0.2) is 31.3 Å². The van der Waals surface area contributed by atoms with Gasteiger partial charge in [-0.1, -0.05) is 30.3 Å². The third kappa shape index (κ3) is 1.82. The van der Waals surface area contributed by atoms with E-state index in [4.69, 9.17) is 4.74 Å². The van der Waals surface area contributed by atoms with Gasteiger partial charge in [0.1, 0.15) is 0 Å². The summed E-state index contributed by atoms with van der Waals surface area (Å²) in [6.45, 7) is 3.49. The molecule has 0 radical (unpaired) electrons. The van der Waals surface area contributed by atoms with Crippen LogP contribution in [0, 0.1) is 0 Å². The zero-order valence-corrected chi connectivity index (χ0v) is 11.2. The monoisotopic (exact) mass is 264 g/mol. The van der Waals surface area contributed by atoms with Gasteiger partial charge in [0.25, 0.3) is 0 Å². The van der Waals surface area contributed by atoms with Gasteiger partial charge >= 0.3 is 0 Å². The molecule has 0 spiro atoms. The summed E-state index contributed by atoms with van der Waals surface area (Å²) < 4.78 is 5.46. The summed E-state index contributed by atoms with van der Waals surface area (Å²) in [6, 6.07) is 14.8. The highest BCUT2D eigenvalue weighted by Crippen LogP contribution is 2.32. The molecular formula is C17H16N2O. The normalized spacial score (nSPS) is 15.9. The Hall–Kier alpha value is -2.13. The molecule has 1 aromatic heterocycles. The third-order valence-electron chi connectivity index (χ3n) is 3.95. The Morgan fingerprint density at radius 2 is 1.80 bits per heavy atom. The zero-order valence-electron chi connectivity index (χ0n) is 11.2. The minimum atomic E-state index is 0.800. The second kappa shape index (κ2) is 4.76. The molecule has 3 aromatic rings. The summed E-state index contributed by atoms with van der Waals surface area (Å²) in [7, 11) is 0. The van der Waals surface area contributed by atoms with Crippen molar-refractivity contribution in [1.82, 2.24) is 4.98 Å². The van der Waals surface area contributed by atoms with E-state index in [0.29, 0.717) is 0 Å². The van der Waals surface area contributed by atoms with E-state index < -0.39 is 0 Å². The number of pyridine rings is 1. The van der Waals surface area contributed by atoms with E-state index in [9.17, 15) is 0 Å². The first-order valence-electron chi connectivity index (χ1n) is 7.03. The Balaban J connectivity index is 2.02. The molecule has 3 heteroatoms. The molecule has 20 heavy (non-hydrogen) atoms. The van der Waals surface area contributed by atoms with Crippen molar-refractivity contribution in [3.63, 3.8) is 0 Å². The number of hydrogen-bond donors (Lipinski definition) is 0. The number of rotatable bonds is 1. The molecule has 4 rings (SSSR count). The first-order valence-corrected chi connectivity index (χ1v) is 7.03. The van der Waals surface area contributed by atoms with Crippen LogP contribution in [0.15, 0.2) is 48.7 Å². The van der Waals surface area contributed by atoms with Crippen molar-refractivity contribution in [2.75, 3.05) is 31.2 Å². The van der Waals surface area contributed by atoms with Crippen LogP contribution in [0.3, 0.4) is 0 Å². The smallest absolute Gasteiger partial charge is 0.0729 e. The molecular weight excluding hydrogens is 248 g/mol. The lowest BCUT2D eigenvalue weighted by atomic mass is 10.0. The molecule has 0 N–H and O–H groups in total. The van der Waals surface area contributed by atoms with E-state index in [1.165, 1.54) is 21.8 Å². The highest BCUT2D eigenvalue weighted by atomic mass is 16.5. The van der Waals surface area contributed by atoms with Gasteiger partial charge < -0.3 is 9.64 Å². The highest BCUT2D eigenvalue weighted by molar-refractivity contribution is 6.11. The second-order valence-electron chi connectivity index (χ2n) is 5.12. The van der Waals surface area contributed by atoms with E-state index in [-0.39, 0.29) is 0 Å². The lowest BCUT2D eigenvalue weighted by Gasteiger charge is -2.30. The maximum absolute atomic E-state index is 5.46. The molecule has 0 amide bonds. The number of nitrogens with zero attached hydrogens (tertiary/aromatic N) is 2. The number of anilines is 1. The number of aromatic nitrogens is 1. The summed E-state index contributed by atoms with van der Waals surface area (Å²) in [4.78, 5) is 7.01. The third-order valence-corrected chi connectivity index (χ3v) is 3.95. The van der Waals surface area contributed by atoms with Gasteiger partial charge in [-0.2, -0.15) is 0 Å². The molecule has 3 nitrogen and oxygen atoms in total. The molecule has 1 aliphatic rings.